The van der Waals surface area contributed by atoms with Gasteiger partial charge in [-0.3, -0.25) is 9.69 Å². The summed E-state index contributed by atoms with van der Waals surface area (Å²) in [6.45, 7) is 4.28. The third kappa shape index (κ3) is 5.73. The molecule has 5 rings (SSSR count). The average molecular weight is 534 g/mol. The van der Waals surface area contributed by atoms with Crippen LogP contribution in [0, 0.1) is 0 Å². The molecule has 202 valence electrons. The van der Waals surface area contributed by atoms with Crippen LogP contribution in [-0.4, -0.2) is 42.1 Å². The third-order valence-corrected chi connectivity index (χ3v) is 6.60. The van der Waals surface area contributed by atoms with Gasteiger partial charge >= 0.3 is 5.97 Å². The topological polar surface area (TPSA) is 71.4 Å². The predicted molar refractivity (Wildman–Crippen MR) is 157 cm³/mol. The number of amidine groups is 1. The number of aliphatic imine (C=N–C) groups is 1. The summed E-state index contributed by atoms with van der Waals surface area (Å²) in [7, 11) is 0. The van der Waals surface area contributed by atoms with Crippen LogP contribution in [0.4, 0.5) is 22.7 Å². The number of ether oxygens (including phenoxy) is 2. The van der Waals surface area contributed by atoms with Gasteiger partial charge < -0.3 is 14.4 Å². The maximum Gasteiger partial charge on any atom is 0.340 e. The van der Waals surface area contributed by atoms with Gasteiger partial charge in [0.1, 0.15) is 0 Å². The molecule has 0 N–H and O–H groups in total. The molecule has 0 spiro atoms. The first-order valence-electron chi connectivity index (χ1n) is 13.4. The van der Waals surface area contributed by atoms with Gasteiger partial charge in [0.05, 0.1) is 17.9 Å². The number of rotatable bonds is 9. The van der Waals surface area contributed by atoms with Crippen LogP contribution in [0.2, 0.25) is 0 Å². The van der Waals surface area contributed by atoms with Crippen LogP contribution in [0.1, 0.15) is 29.8 Å². The van der Waals surface area contributed by atoms with E-state index in [1.54, 1.807) is 31.2 Å². The summed E-state index contributed by atoms with van der Waals surface area (Å²) in [5.41, 5.74) is 4.80. The van der Waals surface area contributed by atoms with Crippen LogP contribution < -0.4 is 4.90 Å². The zero-order valence-corrected chi connectivity index (χ0v) is 22.6. The molecule has 0 aromatic heterocycles. The maximum atomic E-state index is 13.2. The summed E-state index contributed by atoms with van der Waals surface area (Å²) in [6.07, 6.45) is -0.316. The second-order valence-corrected chi connectivity index (χ2v) is 9.20. The summed E-state index contributed by atoms with van der Waals surface area (Å²) in [5, 5.41) is 0. The highest BCUT2D eigenvalue weighted by Crippen LogP contribution is 2.34. The highest BCUT2D eigenvalue weighted by Gasteiger charge is 2.38. The van der Waals surface area contributed by atoms with Crippen LogP contribution in [-0.2, 0) is 20.7 Å². The molecule has 1 atom stereocenters. The van der Waals surface area contributed by atoms with Crippen molar-refractivity contribution in [3.8, 4) is 0 Å². The van der Waals surface area contributed by atoms with Crippen molar-refractivity contribution < 1.29 is 19.1 Å². The molecule has 4 aromatic carbocycles. The largest absolute Gasteiger partial charge is 0.462 e. The molecule has 1 fully saturated rings. The Kier molecular flexibility index (Phi) is 8.21. The van der Waals surface area contributed by atoms with Crippen molar-refractivity contribution in [2.24, 2.45) is 4.99 Å². The molecule has 1 unspecified atom stereocenters. The zero-order chi connectivity index (χ0) is 27.9. The van der Waals surface area contributed by atoms with Crippen molar-refractivity contribution in [2.45, 2.75) is 26.4 Å². The van der Waals surface area contributed by atoms with Crippen LogP contribution in [0.15, 0.2) is 114 Å². The van der Waals surface area contributed by atoms with E-state index >= 15 is 0 Å². The molecular weight excluding hydrogens is 502 g/mol. The Morgan fingerprint density at radius 1 is 0.825 bits per heavy atom. The molecule has 7 heteroatoms. The van der Waals surface area contributed by atoms with Gasteiger partial charge in [0, 0.05) is 30.0 Å². The Bertz CT molecular complexity index is 1450. The lowest BCUT2D eigenvalue weighted by molar-refractivity contribution is -0.129. The van der Waals surface area contributed by atoms with Crippen molar-refractivity contribution in [3.05, 3.63) is 120 Å². The molecule has 4 aromatic rings. The second kappa shape index (κ2) is 12.3. The molecule has 1 aliphatic rings. The number of carbonyl (C=O) groups excluding carboxylic acids is 2. The molecule has 0 bridgehead atoms. The summed E-state index contributed by atoms with van der Waals surface area (Å²) in [4.78, 5) is 33.9. The number of hydrogen-bond donors (Lipinski definition) is 0. The lowest BCUT2D eigenvalue weighted by atomic mass is 10.1. The van der Waals surface area contributed by atoms with Crippen LogP contribution in [0.5, 0.6) is 0 Å². The van der Waals surface area contributed by atoms with E-state index < -0.39 is 12.1 Å². The van der Waals surface area contributed by atoms with Gasteiger partial charge in [0.2, 0.25) is 0 Å². The molecule has 0 radical (unpaired) electrons. The van der Waals surface area contributed by atoms with E-state index in [0.717, 1.165) is 22.6 Å². The first-order chi connectivity index (χ1) is 19.6. The van der Waals surface area contributed by atoms with Crippen molar-refractivity contribution in [3.63, 3.8) is 0 Å². The van der Waals surface area contributed by atoms with Gasteiger partial charge in [0.15, 0.2) is 6.10 Å². The SMILES string of the molecule is CCOC(=O)c1ccccc1N=C1OC(Cc2ccc(N(c3ccccc3)c3ccccc3)cc2)C(=O)N1CC. The molecule has 0 aliphatic carbocycles. The van der Waals surface area contributed by atoms with Crippen LogP contribution >= 0.6 is 0 Å². The van der Waals surface area contributed by atoms with Crippen molar-refractivity contribution >= 4 is 40.6 Å². The van der Waals surface area contributed by atoms with E-state index in [1.807, 2.05) is 55.5 Å². The molecular formula is C33H31N3O4. The Hall–Kier alpha value is -4.91. The number of carbonyl (C=O) groups is 2. The second-order valence-electron chi connectivity index (χ2n) is 9.20. The van der Waals surface area contributed by atoms with Crippen molar-refractivity contribution in [1.82, 2.24) is 4.90 Å². The number of benzene rings is 4. The van der Waals surface area contributed by atoms with Crippen LogP contribution in [0.25, 0.3) is 0 Å². The smallest absolute Gasteiger partial charge is 0.340 e. The average Bonchev–Trinajstić information content (AvgIpc) is 3.28. The zero-order valence-electron chi connectivity index (χ0n) is 22.6. The maximum absolute atomic E-state index is 13.2. The highest BCUT2D eigenvalue weighted by atomic mass is 16.5. The fourth-order valence-electron chi connectivity index (χ4n) is 4.67. The molecule has 7 nitrogen and oxygen atoms in total. The lowest BCUT2D eigenvalue weighted by Crippen LogP contribution is -2.32. The van der Waals surface area contributed by atoms with Gasteiger partial charge in [-0.05, 0) is 67.9 Å². The minimum atomic E-state index is -0.710. The summed E-state index contributed by atoms with van der Waals surface area (Å²) < 4.78 is 11.2. The normalized spacial score (nSPS) is 15.7. The van der Waals surface area contributed by atoms with E-state index in [2.05, 4.69) is 46.3 Å². The van der Waals surface area contributed by atoms with E-state index in [0.29, 0.717) is 24.2 Å². The predicted octanol–water partition coefficient (Wildman–Crippen LogP) is 6.81. The molecule has 1 aliphatic heterocycles. The van der Waals surface area contributed by atoms with Gasteiger partial charge in [-0.1, -0.05) is 60.7 Å². The Morgan fingerprint density at radius 3 is 2.00 bits per heavy atom. The number of para-hydroxylation sites is 3. The summed E-state index contributed by atoms with van der Waals surface area (Å²) in [5.74, 6) is -0.624. The van der Waals surface area contributed by atoms with E-state index in [4.69, 9.17) is 9.47 Å². The fourth-order valence-corrected chi connectivity index (χ4v) is 4.67. The molecule has 40 heavy (non-hydrogen) atoms. The minimum Gasteiger partial charge on any atom is -0.462 e. The fraction of sp³-hybridized carbons (Fsp3) is 0.182. The monoisotopic (exact) mass is 533 g/mol. The standard InChI is InChI=1S/C33H31N3O4/c1-3-35-31(37)30(40-33(35)34-29-18-12-11-17-28(29)32(38)39-4-2)23-24-19-21-27(22-20-24)36(25-13-7-5-8-14-25)26-15-9-6-10-16-26/h5-22,30H,3-4,23H2,1-2H3. The van der Waals surface area contributed by atoms with Gasteiger partial charge in [-0.2, -0.15) is 4.99 Å². The molecule has 0 saturated carbocycles. The molecule has 1 heterocycles. The van der Waals surface area contributed by atoms with E-state index in [-0.39, 0.29) is 18.5 Å². The van der Waals surface area contributed by atoms with Crippen molar-refractivity contribution in [2.75, 3.05) is 18.1 Å². The first-order valence-corrected chi connectivity index (χ1v) is 13.4. The number of nitrogens with zero attached hydrogens (tertiary/aromatic N) is 3. The molecule has 1 saturated heterocycles. The molecule has 1 amide bonds. The Balaban J connectivity index is 1.37. The first kappa shape index (κ1) is 26.7. The third-order valence-electron chi connectivity index (χ3n) is 6.60. The van der Waals surface area contributed by atoms with Crippen LogP contribution in [0.3, 0.4) is 0 Å². The van der Waals surface area contributed by atoms with E-state index in [9.17, 15) is 9.59 Å². The van der Waals surface area contributed by atoms with Gasteiger partial charge in [0.25, 0.3) is 11.9 Å². The lowest BCUT2D eigenvalue weighted by Gasteiger charge is -2.25. The minimum absolute atomic E-state index is 0.158. The summed E-state index contributed by atoms with van der Waals surface area (Å²) in [6, 6.07) is 35.6. The highest BCUT2D eigenvalue weighted by molar-refractivity contribution is 6.04. The summed E-state index contributed by atoms with van der Waals surface area (Å²) >= 11 is 0. The Morgan fingerprint density at radius 2 is 1.40 bits per heavy atom. The van der Waals surface area contributed by atoms with Crippen molar-refractivity contribution in [1.29, 1.82) is 0 Å². The van der Waals surface area contributed by atoms with Gasteiger partial charge in [-0.15, -0.1) is 0 Å². The Labute approximate surface area is 234 Å². The number of anilines is 3. The van der Waals surface area contributed by atoms with E-state index in [1.165, 1.54) is 4.90 Å². The van der Waals surface area contributed by atoms with Gasteiger partial charge in [-0.25, -0.2) is 4.79 Å². The number of likely N-dealkylation sites (N-methyl/N-ethyl adjacent to an activating group) is 1. The number of amides is 1. The quantitative estimate of drug-likeness (QED) is 0.221. The number of hydrogen-bond acceptors (Lipinski definition) is 6. The number of esters is 1.